The summed E-state index contributed by atoms with van der Waals surface area (Å²) in [6.07, 6.45) is 0. The number of nitro benzene ring substituents is 1. The number of methoxy groups -OCH3 is 1. The molecule has 13 heteroatoms. The van der Waals surface area contributed by atoms with Gasteiger partial charge in [-0.15, -0.1) is 0 Å². The Morgan fingerprint density at radius 3 is 1.77 bits per heavy atom. The van der Waals surface area contributed by atoms with Gasteiger partial charge in [0.15, 0.2) is 11.6 Å². The van der Waals surface area contributed by atoms with Crippen LogP contribution in [0.5, 0.6) is 17.2 Å². The Kier molecular flexibility index (Phi) is 10.8. The van der Waals surface area contributed by atoms with Crippen molar-refractivity contribution in [1.29, 1.82) is 0 Å². The molecule has 0 aromatic heterocycles. The molecule has 5 aromatic carbocycles. The van der Waals surface area contributed by atoms with E-state index in [1.165, 1.54) is 48.5 Å². The number of non-ortho nitro benzene ring substituents is 1. The third-order valence-corrected chi connectivity index (χ3v) is 7.71. The van der Waals surface area contributed by atoms with Gasteiger partial charge in [0.05, 0.1) is 28.7 Å². The van der Waals surface area contributed by atoms with Crippen LogP contribution in [0.1, 0.15) is 71.2 Å². The van der Waals surface area contributed by atoms with Gasteiger partial charge in [-0.05, 0) is 84.9 Å². The van der Waals surface area contributed by atoms with E-state index in [0.717, 1.165) is 19.2 Å². The van der Waals surface area contributed by atoms with Crippen LogP contribution in [-0.4, -0.2) is 41.4 Å². The SMILES string of the molecule is COC(=O)c1cc(C(=O)c2ccc(C(=O)Oc3ccc([N+](=O)[O-])cc3)c(C(=O)Nc3ccc(Oc4ccc(N)cc4)cc3)c2)ccc1C(=O)C(C)C. The summed E-state index contributed by atoms with van der Waals surface area (Å²) in [5.41, 5.74) is 5.94. The van der Waals surface area contributed by atoms with Crippen LogP contribution < -0.4 is 20.5 Å². The maximum atomic E-state index is 13.8. The van der Waals surface area contributed by atoms with Gasteiger partial charge in [-0.1, -0.05) is 26.0 Å². The van der Waals surface area contributed by atoms with Gasteiger partial charge in [-0.2, -0.15) is 0 Å². The van der Waals surface area contributed by atoms with Crippen LogP contribution >= 0.6 is 0 Å². The lowest BCUT2D eigenvalue weighted by atomic mass is 9.92. The Labute approximate surface area is 297 Å². The fourth-order valence-electron chi connectivity index (χ4n) is 4.98. The van der Waals surface area contributed by atoms with E-state index in [2.05, 4.69) is 5.32 Å². The Bertz CT molecular complexity index is 2190. The standard InChI is InChI=1S/C39H31N3O10/c1-22(2)35(43)31-18-4-24(21-34(31)38(46)50-3)36(44)23-5-19-32(39(47)52-30-16-10-27(11-17-30)42(48)49)33(20-23)37(45)41-26-8-14-29(15-9-26)51-28-12-6-25(40)7-13-28/h4-22H,40H2,1-3H3,(H,41,45). The Balaban J connectivity index is 1.47. The summed E-state index contributed by atoms with van der Waals surface area (Å²) in [6, 6.07) is 25.7. The predicted octanol–water partition coefficient (Wildman–Crippen LogP) is 7.30. The first kappa shape index (κ1) is 36.1. The number of anilines is 2. The molecule has 0 bridgehead atoms. The third kappa shape index (κ3) is 8.34. The van der Waals surface area contributed by atoms with E-state index in [4.69, 9.17) is 19.9 Å². The number of nitro groups is 1. The fourth-order valence-corrected chi connectivity index (χ4v) is 4.98. The largest absolute Gasteiger partial charge is 0.465 e. The molecule has 5 aromatic rings. The molecule has 1 amide bonds. The number of carbonyl (C=O) groups excluding carboxylic acids is 5. The van der Waals surface area contributed by atoms with Crippen LogP contribution in [0.25, 0.3) is 0 Å². The first-order valence-corrected chi connectivity index (χ1v) is 15.7. The summed E-state index contributed by atoms with van der Waals surface area (Å²) >= 11 is 0. The molecule has 262 valence electrons. The van der Waals surface area contributed by atoms with Gasteiger partial charge in [0.1, 0.15) is 17.2 Å². The fraction of sp³-hybridized carbons (Fsp3) is 0.103. The molecule has 0 fully saturated rings. The average Bonchev–Trinajstić information content (AvgIpc) is 3.15. The quantitative estimate of drug-likeness (QED) is 0.0331. The Morgan fingerprint density at radius 2 is 1.21 bits per heavy atom. The number of ketones is 2. The van der Waals surface area contributed by atoms with E-state index in [-0.39, 0.29) is 50.6 Å². The van der Waals surface area contributed by atoms with E-state index in [1.807, 2.05) is 0 Å². The summed E-state index contributed by atoms with van der Waals surface area (Å²) in [6.45, 7) is 3.35. The molecule has 0 aliphatic rings. The van der Waals surface area contributed by atoms with Crippen molar-refractivity contribution in [2.45, 2.75) is 13.8 Å². The molecular formula is C39H31N3O10. The molecule has 13 nitrogen and oxygen atoms in total. The minimum atomic E-state index is -0.977. The number of Topliss-reactive ketones (excluding diaryl/α,β-unsaturated/α-hetero) is 1. The second kappa shape index (κ2) is 15.6. The molecule has 0 radical (unpaired) electrons. The highest BCUT2D eigenvalue weighted by atomic mass is 16.6. The zero-order valence-electron chi connectivity index (χ0n) is 28.1. The number of nitrogens with one attached hydrogen (secondary N) is 1. The summed E-state index contributed by atoms with van der Waals surface area (Å²) in [5, 5.41) is 13.7. The van der Waals surface area contributed by atoms with Gasteiger partial charge in [0.2, 0.25) is 0 Å². The number of hydrogen-bond donors (Lipinski definition) is 2. The first-order chi connectivity index (χ1) is 24.8. The van der Waals surface area contributed by atoms with Crippen molar-refractivity contribution < 1.29 is 43.1 Å². The maximum Gasteiger partial charge on any atom is 0.344 e. The van der Waals surface area contributed by atoms with Gasteiger partial charge >= 0.3 is 11.9 Å². The number of esters is 2. The first-order valence-electron chi connectivity index (χ1n) is 15.7. The topological polar surface area (TPSA) is 194 Å². The van der Waals surface area contributed by atoms with E-state index >= 15 is 0 Å². The van der Waals surface area contributed by atoms with Crippen molar-refractivity contribution in [3.05, 3.63) is 153 Å². The summed E-state index contributed by atoms with van der Waals surface area (Å²) in [5.74, 6) is -2.95. The average molecular weight is 702 g/mol. The molecule has 0 aliphatic heterocycles. The van der Waals surface area contributed by atoms with Crippen molar-refractivity contribution in [3.8, 4) is 17.2 Å². The van der Waals surface area contributed by atoms with E-state index in [1.54, 1.807) is 62.4 Å². The molecule has 0 unspecified atom stereocenters. The number of benzene rings is 5. The highest BCUT2D eigenvalue weighted by Gasteiger charge is 2.25. The van der Waals surface area contributed by atoms with Crippen molar-refractivity contribution in [2.24, 2.45) is 5.92 Å². The summed E-state index contributed by atoms with van der Waals surface area (Å²) < 4.78 is 16.1. The summed E-state index contributed by atoms with van der Waals surface area (Å²) in [4.78, 5) is 76.7. The number of carbonyl (C=O) groups is 5. The number of ether oxygens (including phenoxy) is 3. The molecular weight excluding hydrogens is 670 g/mol. The van der Waals surface area contributed by atoms with Gasteiger partial charge in [-0.25, -0.2) is 9.59 Å². The highest BCUT2D eigenvalue weighted by Crippen LogP contribution is 2.26. The molecule has 0 atom stereocenters. The molecule has 0 aliphatic carbocycles. The molecule has 3 N–H and O–H groups in total. The van der Waals surface area contributed by atoms with E-state index < -0.39 is 34.5 Å². The van der Waals surface area contributed by atoms with E-state index in [0.29, 0.717) is 22.9 Å². The molecule has 5 rings (SSSR count). The molecule has 0 saturated carbocycles. The van der Waals surface area contributed by atoms with Crippen molar-refractivity contribution in [1.82, 2.24) is 0 Å². The van der Waals surface area contributed by atoms with Gasteiger partial charge in [0, 0.05) is 46.1 Å². The van der Waals surface area contributed by atoms with Crippen LogP contribution in [0.3, 0.4) is 0 Å². The van der Waals surface area contributed by atoms with Crippen LogP contribution in [0.2, 0.25) is 0 Å². The van der Waals surface area contributed by atoms with Crippen molar-refractivity contribution in [2.75, 3.05) is 18.2 Å². The second-order valence-electron chi connectivity index (χ2n) is 11.7. The van der Waals surface area contributed by atoms with Gasteiger partial charge in [0.25, 0.3) is 11.6 Å². The van der Waals surface area contributed by atoms with Crippen LogP contribution in [0, 0.1) is 16.0 Å². The lowest BCUT2D eigenvalue weighted by Gasteiger charge is -2.14. The Hall–Kier alpha value is -7.15. The minimum absolute atomic E-state index is 0.0185. The number of rotatable bonds is 12. The third-order valence-electron chi connectivity index (χ3n) is 7.71. The number of nitrogen functional groups attached to an aromatic ring is 1. The highest BCUT2D eigenvalue weighted by molar-refractivity contribution is 6.16. The molecule has 0 spiro atoms. The maximum absolute atomic E-state index is 13.8. The second-order valence-corrected chi connectivity index (χ2v) is 11.7. The normalized spacial score (nSPS) is 10.6. The number of nitrogens with two attached hydrogens (primary N) is 1. The van der Waals surface area contributed by atoms with Crippen molar-refractivity contribution >= 4 is 46.5 Å². The summed E-state index contributed by atoms with van der Waals surface area (Å²) in [7, 11) is 1.15. The lowest BCUT2D eigenvalue weighted by molar-refractivity contribution is -0.384. The monoisotopic (exact) mass is 701 g/mol. The number of amides is 1. The minimum Gasteiger partial charge on any atom is -0.465 e. The zero-order chi connectivity index (χ0) is 37.5. The van der Waals surface area contributed by atoms with Crippen LogP contribution in [0.15, 0.2) is 109 Å². The van der Waals surface area contributed by atoms with Gasteiger partial charge in [-0.3, -0.25) is 24.5 Å². The van der Waals surface area contributed by atoms with Crippen LogP contribution in [-0.2, 0) is 4.74 Å². The smallest absolute Gasteiger partial charge is 0.344 e. The van der Waals surface area contributed by atoms with E-state index in [9.17, 15) is 34.1 Å². The lowest BCUT2D eigenvalue weighted by Crippen LogP contribution is -2.20. The zero-order valence-corrected chi connectivity index (χ0v) is 28.1. The number of hydrogen-bond acceptors (Lipinski definition) is 11. The number of nitrogens with zero attached hydrogens (tertiary/aromatic N) is 1. The van der Waals surface area contributed by atoms with Crippen molar-refractivity contribution in [3.63, 3.8) is 0 Å². The van der Waals surface area contributed by atoms with Gasteiger partial charge < -0.3 is 25.3 Å². The predicted molar refractivity (Wildman–Crippen MR) is 190 cm³/mol. The Morgan fingerprint density at radius 1 is 0.673 bits per heavy atom. The molecule has 0 heterocycles. The molecule has 52 heavy (non-hydrogen) atoms. The molecule has 0 saturated heterocycles. The van der Waals surface area contributed by atoms with Crippen LogP contribution in [0.4, 0.5) is 17.1 Å².